The molecule has 2 aliphatic heterocycles. The van der Waals surface area contributed by atoms with Crippen molar-refractivity contribution in [3.8, 4) is 0 Å². The van der Waals surface area contributed by atoms with Gasteiger partial charge in [-0.2, -0.15) is 5.06 Å². The zero-order valence-electron chi connectivity index (χ0n) is 10.2. The first kappa shape index (κ1) is 11.2. The molecule has 3 nitrogen and oxygen atoms in total. The minimum absolute atomic E-state index is 0.386. The van der Waals surface area contributed by atoms with Crippen LogP contribution in [0.5, 0.6) is 0 Å². The Labute approximate surface area is 102 Å². The van der Waals surface area contributed by atoms with Crippen LogP contribution in [0.15, 0.2) is 30.3 Å². The van der Waals surface area contributed by atoms with Crippen molar-refractivity contribution in [2.45, 2.75) is 32.0 Å². The molecule has 0 radical (unpaired) electrons. The van der Waals surface area contributed by atoms with Crippen LogP contribution in [-0.4, -0.2) is 30.4 Å². The summed E-state index contributed by atoms with van der Waals surface area (Å²) in [6.07, 6.45) is 1.51. The summed E-state index contributed by atoms with van der Waals surface area (Å²) in [6, 6.07) is 10.9. The summed E-state index contributed by atoms with van der Waals surface area (Å²) < 4.78 is 5.74. The van der Waals surface area contributed by atoms with Crippen LogP contribution < -0.4 is 0 Å². The van der Waals surface area contributed by atoms with Gasteiger partial charge in [0.2, 0.25) is 0 Å². The van der Waals surface area contributed by atoms with Gasteiger partial charge in [-0.3, -0.25) is 4.84 Å². The van der Waals surface area contributed by atoms with E-state index in [1.165, 1.54) is 5.56 Å². The molecule has 1 aromatic carbocycles. The van der Waals surface area contributed by atoms with Gasteiger partial charge in [0, 0.05) is 12.5 Å². The summed E-state index contributed by atoms with van der Waals surface area (Å²) >= 11 is 0. The van der Waals surface area contributed by atoms with Crippen LogP contribution in [0.4, 0.5) is 0 Å². The Hall–Kier alpha value is -0.900. The van der Waals surface area contributed by atoms with E-state index < -0.39 is 0 Å². The highest BCUT2D eigenvalue weighted by Gasteiger charge is 2.39. The lowest BCUT2D eigenvalue weighted by molar-refractivity contribution is -0.156. The van der Waals surface area contributed by atoms with Gasteiger partial charge in [0.05, 0.1) is 25.4 Å². The highest BCUT2D eigenvalue weighted by Crippen LogP contribution is 2.31. The predicted octanol–water partition coefficient (Wildman–Crippen LogP) is 2.23. The van der Waals surface area contributed by atoms with Crippen LogP contribution in [0.1, 0.15) is 18.9 Å². The van der Waals surface area contributed by atoms with E-state index in [-0.39, 0.29) is 0 Å². The standard InChI is InChI=1S/C14H19NO2/c1-11-7-13-9-17-15(14(13)10-16-11)8-12-5-3-2-4-6-12/h2-6,11,13-14H,7-10H2,1H3/t11-,13+,14+/m1/s1. The fourth-order valence-electron chi connectivity index (χ4n) is 2.76. The third-order valence-electron chi connectivity index (χ3n) is 3.74. The average Bonchev–Trinajstić information content (AvgIpc) is 2.73. The normalized spacial score (nSPS) is 33.6. The highest BCUT2D eigenvalue weighted by molar-refractivity contribution is 5.14. The summed E-state index contributed by atoms with van der Waals surface area (Å²) in [5, 5.41) is 2.10. The van der Waals surface area contributed by atoms with Crippen LogP contribution in [0, 0.1) is 5.92 Å². The van der Waals surface area contributed by atoms with E-state index in [1.807, 2.05) is 6.07 Å². The maximum Gasteiger partial charge on any atom is 0.0731 e. The molecule has 1 aromatic rings. The lowest BCUT2D eigenvalue weighted by atomic mass is 9.93. The van der Waals surface area contributed by atoms with Gasteiger partial charge in [0.1, 0.15) is 0 Å². The van der Waals surface area contributed by atoms with Crippen molar-refractivity contribution in [3.05, 3.63) is 35.9 Å². The van der Waals surface area contributed by atoms with Crippen LogP contribution in [0.25, 0.3) is 0 Å². The molecule has 0 saturated carbocycles. The van der Waals surface area contributed by atoms with Gasteiger partial charge in [-0.25, -0.2) is 0 Å². The number of hydroxylamine groups is 2. The molecule has 0 bridgehead atoms. The maximum absolute atomic E-state index is 5.81. The molecule has 3 rings (SSSR count). The molecule has 3 atom stereocenters. The Balaban J connectivity index is 1.66. The third-order valence-corrected chi connectivity index (χ3v) is 3.74. The minimum atomic E-state index is 0.386. The largest absolute Gasteiger partial charge is 0.377 e. The van der Waals surface area contributed by atoms with E-state index in [1.54, 1.807) is 0 Å². The summed E-state index contributed by atoms with van der Waals surface area (Å²) in [5.41, 5.74) is 1.30. The van der Waals surface area contributed by atoms with Crippen molar-refractivity contribution in [1.29, 1.82) is 0 Å². The van der Waals surface area contributed by atoms with E-state index >= 15 is 0 Å². The van der Waals surface area contributed by atoms with Crippen LogP contribution in [-0.2, 0) is 16.1 Å². The highest BCUT2D eigenvalue weighted by atomic mass is 16.7. The summed E-state index contributed by atoms with van der Waals surface area (Å²) in [4.78, 5) is 5.81. The van der Waals surface area contributed by atoms with Crippen molar-refractivity contribution >= 4 is 0 Å². The molecule has 0 aromatic heterocycles. The van der Waals surface area contributed by atoms with Gasteiger partial charge in [-0.15, -0.1) is 0 Å². The molecule has 92 valence electrons. The molecule has 2 saturated heterocycles. The Morgan fingerprint density at radius 1 is 1.24 bits per heavy atom. The number of ether oxygens (including phenoxy) is 1. The van der Waals surface area contributed by atoms with Crippen molar-refractivity contribution in [2.75, 3.05) is 13.2 Å². The van der Waals surface area contributed by atoms with E-state index in [9.17, 15) is 0 Å². The van der Waals surface area contributed by atoms with Crippen LogP contribution >= 0.6 is 0 Å². The third kappa shape index (κ3) is 2.37. The zero-order chi connectivity index (χ0) is 11.7. The summed E-state index contributed by atoms with van der Waals surface area (Å²) in [5.74, 6) is 0.641. The maximum atomic E-state index is 5.81. The SMILES string of the molecule is C[C@@H]1C[C@H]2CON(Cc3ccccc3)[C@H]2CO1. The van der Waals surface area contributed by atoms with E-state index in [2.05, 4.69) is 36.3 Å². The first-order valence-corrected chi connectivity index (χ1v) is 6.38. The molecule has 2 heterocycles. The summed E-state index contributed by atoms with van der Waals surface area (Å²) in [6.45, 7) is 4.67. The number of hydrogen-bond acceptors (Lipinski definition) is 3. The average molecular weight is 233 g/mol. The van der Waals surface area contributed by atoms with E-state index in [0.717, 1.165) is 26.2 Å². The number of rotatable bonds is 2. The smallest absolute Gasteiger partial charge is 0.0731 e. The number of fused-ring (bicyclic) bond motifs is 1. The molecule has 2 fully saturated rings. The second-order valence-corrected chi connectivity index (χ2v) is 5.06. The molecule has 0 aliphatic carbocycles. The first-order valence-electron chi connectivity index (χ1n) is 6.38. The zero-order valence-corrected chi connectivity index (χ0v) is 10.2. The second-order valence-electron chi connectivity index (χ2n) is 5.06. The number of hydrogen-bond donors (Lipinski definition) is 0. The molecule has 0 N–H and O–H groups in total. The molecular formula is C14H19NO2. The summed E-state index contributed by atoms with van der Waals surface area (Å²) in [7, 11) is 0. The topological polar surface area (TPSA) is 21.7 Å². The van der Waals surface area contributed by atoms with Crippen molar-refractivity contribution in [3.63, 3.8) is 0 Å². The minimum Gasteiger partial charge on any atom is -0.377 e. The van der Waals surface area contributed by atoms with Crippen LogP contribution in [0.2, 0.25) is 0 Å². The van der Waals surface area contributed by atoms with Gasteiger partial charge in [-0.1, -0.05) is 30.3 Å². The molecular weight excluding hydrogens is 214 g/mol. The quantitative estimate of drug-likeness (QED) is 0.782. The molecule has 3 heteroatoms. The van der Waals surface area contributed by atoms with Gasteiger partial charge in [0.25, 0.3) is 0 Å². The second kappa shape index (κ2) is 4.77. The Bertz CT molecular complexity index is 368. The Morgan fingerprint density at radius 3 is 2.88 bits per heavy atom. The van der Waals surface area contributed by atoms with Crippen LogP contribution in [0.3, 0.4) is 0 Å². The first-order chi connectivity index (χ1) is 8.33. The lowest BCUT2D eigenvalue weighted by Crippen LogP contribution is -2.41. The molecule has 0 spiro atoms. The van der Waals surface area contributed by atoms with Crippen molar-refractivity contribution in [2.24, 2.45) is 5.92 Å². The van der Waals surface area contributed by atoms with E-state index in [4.69, 9.17) is 9.57 Å². The van der Waals surface area contributed by atoms with Crippen molar-refractivity contribution < 1.29 is 9.57 Å². The van der Waals surface area contributed by atoms with Crippen molar-refractivity contribution in [1.82, 2.24) is 5.06 Å². The molecule has 0 unspecified atom stereocenters. The fraction of sp³-hybridized carbons (Fsp3) is 0.571. The monoisotopic (exact) mass is 233 g/mol. The van der Waals surface area contributed by atoms with E-state index in [0.29, 0.717) is 18.1 Å². The predicted molar refractivity (Wildman–Crippen MR) is 65.2 cm³/mol. The lowest BCUT2D eigenvalue weighted by Gasteiger charge is -2.32. The number of benzene rings is 1. The van der Waals surface area contributed by atoms with Gasteiger partial charge < -0.3 is 4.74 Å². The molecule has 0 amide bonds. The van der Waals surface area contributed by atoms with Gasteiger partial charge >= 0.3 is 0 Å². The van der Waals surface area contributed by atoms with Gasteiger partial charge in [-0.05, 0) is 18.9 Å². The Morgan fingerprint density at radius 2 is 2.06 bits per heavy atom. The molecule has 17 heavy (non-hydrogen) atoms. The molecule has 2 aliphatic rings. The van der Waals surface area contributed by atoms with Gasteiger partial charge in [0.15, 0.2) is 0 Å². The fourth-order valence-corrected chi connectivity index (χ4v) is 2.76. The Kier molecular flexibility index (Phi) is 3.14. The number of nitrogens with zero attached hydrogens (tertiary/aromatic N) is 1.